The van der Waals surface area contributed by atoms with Crippen LogP contribution in [0.4, 0.5) is 0 Å². The van der Waals surface area contributed by atoms with E-state index in [-0.39, 0.29) is 0 Å². The Balaban J connectivity index is 2.54. The molecule has 1 aromatic carbocycles. The first-order chi connectivity index (χ1) is 7.81. The van der Waals surface area contributed by atoms with E-state index < -0.39 is 0 Å². The average molecular weight is 224 g/mol. The molecule has 1 rings (SSSR count). The molecular formula is C13H20O3. The van der Waals surface area contributed by atoms with Crippen LogP contribution >= 0.6 is 0 Å². The molecule has 16 heavy (non-hydrogen) atoms. The van der Waals surface area contributed by atoms with Crippen LogP contribution < -0.4 is 14.2 Å². The Bertz CT molecular complexity index is 310. The highest BCUT2D eigenvalue weighted by Crippen LogP contribution is 2.30. The first-order valence-electron chi connectivity index (χ1n) is 5.66. The van der Waals surface area contributed by atoms with Crippen molar-refractivity contribution in [2.45, 2.75) is 26.2 Å². The number of methoxy groups -OCH3 is 2. The van der Waals surface area contributed by atoms with Gasteiger partial charge in [0, 0.05) is 6.07 Å². The van der Waals surface area contributed by atoms with Crippen LogP contribution in [0, 0.1) is 0 Å². The number of ether oxygens (including phenoxy) is 3. The topological polar surface area (TPSA) is 27.7 Å². The van der Waals surface area contributed by atoms with Crippen LogP contribution in [0.1, 0.15) is 26.2 Å². The maximum absolute atomic E-state index is 5.61. The number of benzene rings is 1. The van der Waals surface area contributed by atoms with Gasteiger partial charge in [-0.05, 0) is 18.6 Å². The number of unbranched alkanes of at least 4 members (excludes halogenated alkanes) is 2. The van der Waals surface area contributed by atoms with Crippen molar-refractivity contribution in [2.75, 3.05) is 20.8 Å². The maximum Gasteiger partial charge on any atom is 0.164 e. The Hall–Kier alpha value is -1.38. The lowest BCUT2D eigenvalue weighted by Gasteiger charge is -2.10. The Labute approximate surface area is 97.3 Å². The highest BCUT2D eigenvalue weighted by molar-refractivity contribution is 5.45. The van der Waals surface area contributed by atoms with Crippen molar-refractivity contribution in [1.82, 2.24) is 0 Å². The van der Waals surface area contributed by atoms with E-state index in [1.54, 1.807) is 14.2 Å². The first-order valence-corrected chi connectivity index (χ1v) is 5.66. The van der Waals surface area contributed by atoms with E-state index in [0.717, 1.165) is 24.5 Å². The van der Waals surface area contributed by atoms with Crippen LogP contribution in [0.3, 0.4) is 0 Å². The molecule has 0 saturated carbocycles. The second-order valence-electron chi connectivity index (χ2n) is 3.57. The number of rotatable bonds is 7. The molecule has 0 fully saturated rings. The van der Waals surface area contributed by atoms with Crippen LogP contribution in [0.5, 0.6) is 17.2 Å². The van der Waals surface area contributed by atoms with Gasteiger partial charge in [0.25, 0.3) is 0 Å². The summed E-state index contributed by atoms with van der Waals surface area (Å²) in [5, 5.41) is 0. The van der Waals surface area contributed by atoms with E-state index in [1.807, 2.05) is 18.2 Å². The molecule has 0 bridgehead atoms. The Morgan fingerprint density at radius 2 is 1.75 bits per heavy atom. The van der Waals surface area contributed by atoms with Gasteiger partial charge in [-0.15, -0.1) is 0 Å². The van der Waals surface area contributed by atoms with Crippen LogP contribution in [0.25, 0.3) is 0 Å². The fourth-order valence-corrected chi connectivity index (χ4v) is 1.45. The summed E-state index contributed by atoms with van der Waals surface area (Å²) >= 11 is 0. The van der Waals surface area contributed by atoms with Gasteiger partial charge in [0.05, 0.1) is 20.8 Å². The summed E-state index contributed by atoms with van der Waals surface area (Å²) in [5.74, 6) is 2.26. The molecule has 3 nitrogen and oxygen atoms in total. The van der Waals surface area contributed by atoms with E-state index in [4.69, 9.17) is 14.2 Å². The summed E-state index contributed by atoms with van der Waals surface area (Å²) in [5.41, 5.74) is 0. The SMILES string of the molecule is CCCCCOc1ccc(OC)c(OC)c1. The molecule has 0 heterocycles. The summed E-state index contributed by atoms with van der Waals surface area (Å²) in [4.78, 5) is 0. The molecule has 0 amide bonds. The van der Waals surface area contributed by atoms with E-state index in [2.05, 4.69) is 6.92 Å². The Morgan fingerprint density at radius 1 is 1.00 bits per heavy atom. The molecule has 3 heteroatoms. The standard InChI is InChI=1S/C13H20O3/c1-4-5-6-9-16-11-7-8-12(14-2)13(10-11)15-3/h7-8,10H,4-6,9H2,1-3H3. The van der Waals surface area contributed by atoms with Gasteiger partial charge in [-0.3, -0.25) is 0 Å². The number of hydrogen-bond donors (Lipinski definition) is 0. The van der Waals surface area contributed by atoms with Crippen LogP contribution in [-0.4, -0.2) is 20.8 Å². The summed E-state index contributed by atoms with van der Waals surface area (Å²) in [6.45, 7) is 2.93. The Kier molecular flexibility index (Phi) is 5.54. The molecule has 1 aromatic rings. The van der Waals surface area contributed by atoms with Gasteiger partial charge in [0.2, 0.25) is 0 Å². The highest BCUT2D eigenvalue weighted by Gasteiger charge is 2.04. The van der Waals surface area contributed by atoms with Crippen LogP contribution in [0.2, 0.25) is 0 Å². The molecule has 0 aliphatic carbocycles. The van der Waals surface area contributed by atoms with Gasteiger partial charge in [-0.25, -0.2) is 0 Å². The average Bonchev–Trinajstić information content (AvgIpc) is 2.34. The molecule has 0 aliphatic heterocycles. The fourth-order valence-electron chi connectivity index (χ4n) is 1.45. The van der Waals surface area contributed by atoms with Crippen molar-refractivity contribution < 1.29 is 14.2 Å². The van der Waals surface area contributed by atoms with Crippen molar-refractivity contribution >= 4 is 0 Å². The first kappa shape index (κ1) is 12.7. The minimum atomic E-state index is 0.704. The van der Waals surface area contributed by atoms with Gasteiger partial charge in [0.1, 0.15) is 5.75 Å². The molecule has 0 N–H and O–H groups in total. The smallest absolute Gasteiger partial charge is 0.164 e. The molecule has 0 spiro atoms. The lowest BCUT2D eigenvalue weighted by atomic mass is 10.2. The summed E-state index contributed by atoms with van der Waals surface area (Å²) in [6, 6.07) is 5.60. The fraction of sp³-hybridized carbons (Fsp3) is 0.538. The highest BCUT2D eigenvalue weighted by atomic mass is 16.5. The third-order valence-corrected chi connectivity index (χ3v) is 2.37. The number of hydrogen-bond acceptors (Lipinski definition) is 3. The van der Waals surface area contributed by atoms with Crippen molar-refractivity contribution in [1.29, 1.82) is 0 Å². The Morgan fingerprint density at radius 3 is 2.38 bits per heavy atom. The normalized spacial score (nSPS) is 9.94. The largest absolute Gasteiger partial charge is 0.493 e. The predicted octanol–water partition coefficient (Wildman–Crippen LogP) is 3.27. The van der Waals surface area contributed by atoms with E-state index in [0.29, 0.717) is 5.75 Å². The van der Waals surface area contributed by atoms with Crippen LogP contribution in [-0.2, 0) is 0 Å². The minimum Gasteiger partial charge on any atom is -0.493 e. The third kappa shape index (κ3) is 3.65. The van der Waals surface area contributed by atoms with Crippen molar-refractivity contribution in [2.24, 2.45) is 0 Å². The second kappa shape index (κ2) is 6.99. The zero-order chi connectivity index (χ0) is 11.8. The summed E-state index contributed by atoms with van der Waals surface area (Å²) in [6.07, 6.45) is 3.49. The van der Waals surface area contributed by atoms with Gasteiger partial charge >= 0.3 is 0 Å². The van der Waals surface area contributed by atoms with E-state index in [1.165, 1.54) is 12.8 Å². The monoisotopic (exact) mass is 224 g/mol. The van der Waals surface area contributed by atoms with Gasteiger partial charge in [-0.2, -0.15) is 0 Å². The molecular weight excluding hydrogens is 204 g/mol. The minimum absolute atomic E-state index is 0.704. The molecule has 0 aliphatic rings. The van der Waals surface area contributed by atoms with Crippen molar-refractivity contribution in [3.05, 3.63) is 18.2 Å². The van der Waals surface area contributed by atoms with Crippen molar-refractivity contribution in [3.8, 4) is 17.2 Å². The van der Waals surface area contributed by atoms with Crippen LogP contribution in [0.15, 0.2) is 18.2 Å². The summed E-state index contributed by atoms with van der Waals surface area (Å²) in [7, 11) is 3.25. The molecule has 0 saturated heterocycles. The summed E-state index contributed by atoms with van der Waals surface area (Å²) < 4.78 is 16.0. The predicted molar refractivity (Wildman–Crippen MR) is 64.6 cm³/mol. The lowest BCUT2D eigenvalue weighted by molar-refractivity contribution is 0.301. The zero-order valence-electron chi connectivity index (χ0n) is 10.3. The molecule has 0 unspecified atom stereocenters. The van der Waals surface area contributed by atoms with Gasteiger partial charge in [0.15, 0.2) is 11.5 Å². The second-order valence-corrected chi connectivity index (χ2v) is 3.57. The molecule has 90 valence electrons. The third-order valence-electron chi connectivity index (χ3n) is 2.37. The van der Waals surface area contributed by atoms with E-state index >= 15 is 0 Å². The lowest BCUT2D eigenvalue weighted by Crippen LogP contribution is -1.98. The van der Waals surface area contributed by atoms with E-state index in [9.17, 15) is 0 Å². The van der Waals surface area contributed by atoms with Gasteiger partial charge < -0.3 is 14.2 Å². The molecule has 0 radical (unpaired) electrons. The molecule has 0 atom stereocenters. The van der Waals surface area contributed by atoms with Crippen molar-refractivity contribution in [3.63, 3.8) is 0 Å². The zero-order valence-corrected chi connectivity index (χ0v) is 10.3. The maximum atomic E-state index is 5.61. The van der Waals surface area contributed by atoms with Gasteiger partial charge in [-0.1, -0.05) is 19.8 Å². The quantitative estimate of drug-likeness (QED) is 0.665. The molecule has 0 aromatic heterocycles.